The van der Waals surface area contributed by atoms with Crippen molar-refractivity contribution < 1.29 is 29.6 Å². The molecule has 0 radical (unpaired) electrons. The summed E-state index contributed by atoms with van der Waals surface area (Å²) in [5.41, 5.74) is -0.843. The molecular weight excluding hydrogens is 468 g/mol. The molecule has 10 atom stereocenters. The highest BCUT2D eigenvalue weighted by atomic mass is 16.5. The summed E-state index contributed by atoms with van der Waals surface area (Å²) < 4.78 is 5.20. The third-order valence-electron chi connectivity index (χ3n) is 13.6. The van der Waals surface area contributed by atoms with E-state index in [1.54, 1.807) is 0 Å². The Morgan fingerprint density at radius 3 is 2.27 bits per heavy atom. The zero-order valence-corrected chi connectivity index (χ0v) is 23.7. The number of hydrogen-bond donors (Lipinski definition) is 3. The molecule has 0 amide bonds. The molecule has 0 bridgehead atoms. The Labute approximate surface area is 222 Å². The van der Waals surface area contributed by atoms with E-state index in [0.29, 0.717) is 38.0 Å². The lowest BCUT2D eigenvalue weighted by atomic mass is 9.33. The van der Waals surface area contributed by atoms with Crippen LogP contribution in [0.4, 0.5) is 0 Å². The van der Waals surface area contributed by atoms with Crippen LogP contribution in [0.1, 0.15) is 98.8 Å². The fourth-order valence-electron chi connectivity index (χ4n) is 10.9. The molecule has 0 saturated heterocycles. The first-order valence-corrected chi connectivity index (χ1v) is 14.5. The number of rotatable bonds is 3. The molecule has 5 aliphatic carbocycles. The lowest BCUT2D eigenvalue weighted by Crippen LogP contribution is -2.66. The van der Waals surface area contributed by atoms with Gasteiger partial charge in [-0.05, 0) is 105 Å². The fourth-order valence-corrected chi connectivity index (χ4v) is 10.9. The normalized spacial score (nSPS) is 53.0. The smallest absolute Gasteiger partial charge is 0.311 e. The van der Waals surface area contributed by atoms with Crippen LogP contribution in [0.15, 0.2) is 11.6 Å². The minimum atomic E-state index is -0.812. The maximum Gasteiger partial charge on any atom is 0.311 e. The zero-order valence-electron chi connectivity index (χ0n) is 23.7. The number of carbonyl (C=O) groups excluding carboxylic acids is 1. The van der Waals surface area contributed by atoms with Crippen molar-refractivity contribution in [1.29, 1.82) is 0 Å². The molecule has 208 valence electrons. The van der Waals surface area contributed by atoms with Crippen LogP contribution in [-0.2, 0) is 14.3 Å². The predicted molar refractivity (Wildman–Crippen MR) is 140 cm³/mol. The van der Waals surface area contributed by atoms with Gasteiger partial charge in [-0.3, -0.25) is 9.59 Å². The third-order valence-corrected chi connectivity index (χ3v) is 13.6. The van der Waals surface area contributed by atoms with Crippen LogP contribution in [0, 0.1) is 50.2 Å². The molecule has 3 N–H and O–H groups in total. The van der Waals surface area contributed by atoms with Gasteiger partial charge in [0.2, 0.25) is 0 Å². The number of carbonyl (C=O) groups is 2. The Morgan fingerprint density at radius 2 is 1.65 bits per heavy atom. The van der Waals surface area contributed by atoms with Crippen LogP contribution in [0.3, 0.4) is 0 Å². The van der Waals surface area contributed by atoms with Crippen molar-refractivity contribution in [2.75, 3.05) is 13.7 Å². The van der Waals surface area contributed by atoms with Gasteiger partial charge in [-0.1, -0.05) is 39.3 Å². The highest BCUT2D eigenvalue weighted by Crippen LogP contribution is 2.75. The number of esters is 1. The van der Waals surface area contributed by atoms with Gasteiger partial charge < -0.3 is 20.1 Å². The van der Waals surface area contributed by atoms with Gasteiger partial charge in [-0.25, -0.2) is 0 Å². The average Bonchev–Trinajstić information content (AvgIpc) is 2.86. The van der Waals surface area contributed by atoms with Gasteiger partial charge in [0.25, 0.3) is 0 Å². The van der Waals surface area contributed by atoms with E-state index in [2.05, 4.69) is 33.8 Å². The van der Waals surface area contributed by atoms with Gasteiger partial charge in [-0.2, -0.15) is 0 Å². The average molecular weight is 517 g/mol. The molecule has 0 aromatic heterocycles. The molecule has 0 unspecified atom stereocenters. The van der Waals surface area contributed by atoms with Crippen LogP contribution >= 0.6 is 0 Å². The van der Waals surface area contributed by atoms with Gasteiger partial charge >= 0.3 is 11.9 Å². The Kier molecular flexibility index (Phi) is 6.10. The van der Waals surface area contributed by atoms with E-state index >= 15 is 0 Å². The Balaban J connectivity index is 1.59. The lowest BCUT2D eigenvalue weighted by Gasteiger charge is -2.71. The van der Waals surface area contributed by atoms with Gasteiger partial charge in [-0.15, -0.1) is 0 Å². The molecule has 6 nitrogen and oxygen atoms in total. The highest BCUT2D eigenvalue weighted by Gasteiger charge is 2.70. The maximum absolute atomic E-state index is 12.9. The molecule has 0 aromatic rings. The lowest BCUT2D eigenvalue weighted by molar-refractivity contribution is -0.217. The zero-order chi connectivity index (χ0) is 27.2. The third kappa shape index (κ3) is 3.24. The molecule has 4 fully saturated rings. The van der Waals surface area contributed by atoms with E-state index in [1.807, 2.05) is 6.92 Å². The standard InChI is InChI=1S/C31H48O6/c1-26(25(36)37-6)13-15-31(24(34)35)16-14-29(4)19(20(31)17-26)7-8-22-27(2)11-10-23(33)28(3,18-32)21(27)9-12-30(22,29)5/h7,20-23,32-33H,8-18H2,1-6H3,(H,34,35)/t20-,21+,22-,23-,26+,27+,28+,29-,30+,31+/m1/s1. The van der Waals surface area contributed by atoms with Crippen molar-refractivity contribution in [1.82, 2.24) is 0 Å². The van der Waals surface area contributed by atoms with Crippen LogP contribution in [-0.4, -0.2) is 47.1 Å². The largest absolute Gasteiger partial charge is 0.481 e. The van der Waals surface area contributed by atoms with Gasteiger partial charge in [0.1, 0.15) is 0 Å². The number of hydrogen-bond acceptors (Lipinski definition) is 5. The number of fused-ring (bicyclic) bond motifs is 7. The summed E-state index contributed by atoms with van der Waals surface area (Å²) in [6.45, 7) is 11.3. The summed E-state index contributed by atoms with van der Waals surface area (Å²) >= 11 is 0. The Morgan fingerprint density at radius 1 is 0.973 bits per heavy atom. The first-order valence-electron chi connectivity index (χ1n) is 14.5. The van der Waals surface area contributed by atoms with Crippen molar-refractivity contribution in [2.45, 2.75) is 105 Å². The van der Waals surface area contributed by atoms with E-state index in [9.17, 15) is 24.9 Å². The number of carboxylic acids is 1. The first-order chi connectivity index (χ1) is 17.2. The Hall–Kier alpha value is -1.40. The number of aliphatic hydroxyl groups excluding tert-OH is 2. The van der Waals surface area contributed by atoms with E-state index in [-0.39, 0.29) is 40.7 Å². The van der Waals surface area contributed by atoms with E-state index in [1.165, 1.54) is 12.7 Å². The minimum Gasteiger partial charge on any atom is -0.481 e. The van der Waals surface area contributed by atoms with Gasteiger partial charge in [0.15, 0.2) is 0 Å². The molecular formula is C31H48O6. The number of ether oxygens (including phenoxy) is 1. The number of aliphatic hydroxyl groups is 2. The van der Waals surface area contributed by atoms with Gasteiger partial charge in [0.05, 0.1) is 30.7 Å². The highest BCUT2D eigenvalue weighted by molar-refractivity contribution is 5.80. The Bertz CT molecular complexity index is 1020. The van der Waals surface area contributed by atoms with Gasteiger partial charge in [0, 0.05) is 5.41 Å². The maximum atomic E-state index is 12.9. The van der Waals surface area contributed by atoms with Crippen molar-refractivity contribution >= 4 is 11.9 Å². The van der Waals surface area contributed by atoms with E-state index < -0.39 is 28.3 Å². The van der Waals surface area contributed by atoms with Crippen molar-refractivity contribution in [3.63, 3.8) is 0 Å². The molecule has 0 spiro atoms. The summed E-state index contributed by atoms with van der Waals surface area (Å²) in [4.78, 5) is 25.7. The monoisotopic (exact) mass is 516 g/mol. The van der Waals surface area contributed by atoms with Crippen molar-refractivity contribution in [3.8, 4) is 0 Å². The van der Waals surface area contributed by atoms with Crippen LogP contribution in [0.25, 0.3) is 0 Å². The molecule has 0 heterocycles. The molecule has 37 heavy (non-hydrogen) atoms. The summed E-state index contributed by atoms with van der Waals surface area (Å²) in [5.74, 6) is -0.449. The number of methoxy groups -OCH3 is 1. The molecule has 5 aliphatic rings. The number of allylic oxidation sites excluding steroid dienone is 2. The molecule has 0 aromatic carbocycles. The second-order valence-electron chi connectivity index (χ2n) is 14.8. The minimum absolute atomic E-state index is 0.00315. The van der Waals surface area contributed by atoms with Crippen molar-refractivity contribution in [2.24, 2.45) is 50.2 Å². The molecule has 4 saturated carbocycles. The molecule has 0 aliphatic heterocycles. The first kappa shape index (κ1) is 27.2. The SMILES string of the molecule is COC(=O)[C@@]1(C)CC[C@]2(C(=O)O)CC[C@]3(C)C(=CC[C@@H]4[C@@]5(C)CC[C@@H](O)[C@@](C)(CO)[C@H]5CC[C@@]43C)[C@H]2C1. The van der Waals surface area contributed by atoms with Crippen molar-refractivity contribution in [3.05, 3.63) is 11.6 Å². The quantitative estimate of drug-likeness (QED) is 0.345. The summed E-state index contributed by atoms with van der Waals surface area (Å²) in [5, 5.41) is 31.9. The topological polar surface area (TPSA) is 104 Å². The fraction of sp³-hybridized carbons (Fsp3) is 0.871. The van der Waals surface area contributed by atoms with Crippen LogP contribution in [0.5, 0.6) is 0 Å². The molecule has 5 rings (SSSR count). The van der Waals surface area contributed by atoms with Crippen LogP contribution in [0.2, 0.25) is 0 Å². The predicted octanol–water partition coefficient (Wildman–Crippen LogP) is 5.36. The molecule has 6 heteroatoms. The van der Waals surface area contributed by atoms with Crippen LogP contribution < -0.4 is 0 Å². The van der Waals surface area contributed by atoms with E-state index in [4.69, 9.17) is 4.74 Å². The second kappa shape index (κ2) is 8.30. The van der Waals surface area contributed by atoms with E-state index in [0.717, 1.165) is 32.1 Å². The summed E-state index contributed by atoms with van der Waals surface area (Å²) in [6, 6.07) is 0. The summed E-state index contributed by atoms with van der Waals surface area (Å²) in [6.07, 6.45) is 9.54. The number of aliphatic carboxylic acids is 1. The number of carboxylic acid groups (broad SMARTS) is 1. The second-order valence-corrected chi connectivity index (χ2v) is 14.8. The summed E-state index contributed by atoms with van der Waals surface area (Å²) in [7, 11) is 1.43.